The number of hydrogen-bond donors (Lipinski definition) is 0. The van der Waals surface area contributed by atoms with E-state index in [9.17, 15) is 9.59 Å². The third-order valence-electron chi connectivity index (χ3n) is 4.01. The molecular weight excluding hydrogens is 352 g/mol. The molecule has 3 rings (SSSR count). The van der Waals surface area contributed by atoms with E-state index in [2.05, 4.69) is 4.98 Å². The predicted octanol–water partition coefficient (Wildman–Crippen LogP) is 4.10. The molecule has 1 aromatic heterocycles. The number of likely N-dealkylation sites (N-methyl/N-ethyl adjacent to an activating group) is 1. The summed E-state index contributed by atoms with van der Waals surface area (Å²) in [5.41, 5.74) is 1.59. The van der Waals surface area contributed by atoms with Gasteiger partial charge in [0, 0.05) is 18.1 Å². The number of fused-ring (bicyclic) bond motifs is 1. The number of ether oxygens (including phenoxy) is 1. The van der Waals surface area contributed by atoms with Crippen molar-refractivity contribution in [3.8, 4) is 0 Å². The summed E-state index contributed by atoms with van der Waals surface area (Å²) in [5, 5.41) is 0.814. The lowest BCUT2D eigenvalue weighted by molar-refractivity contribution is -0.126. The minimum Gasteiger partial charge on any atom is -0.449 e. The summed E-state index contributed by atoms with van der Waals surface area (Å²) in [7, 11) is 1.64. The van der Waals surface area contributed by atoms with Crippen molar-refractivity contribution in [1.29, 1.82) is 0 Å². The third-order valence-corrected chi connectivity index (χ3v) is 4.20. The molecule has 0 aliphatic heterocycles. The van der Waals surface area contributed by atoms with Gasteiger partial charge < -0.3 is 9.64 Å². The van der Waals surface area contributed by atoms with E-state index in [4.69, 9.17) is 16.3 Å². The van der Waals surface area contributed by atoms with Crippen LogP contribution in [0.25, 0.3) is 10.9 Å². The predicted molar refractivity (Wildman–Crippen MR) is 101 cm³/mol. The van der Waals surface area contributed by atoms with E-state index in [-0.39, 0.29) is 16.6 Å². The van der Waals surface area contributed by atoms with Crippen LogP contribution in [0.5, 0.6) is 0 Å². The van der Waals surface area contributed by atoms with Crippen molar-refractivity contribution in [2.75, 3.05) is 11.9 Å². The molecule has 0 aliphatic rings. The summed E-state index contributed by atoms with van der Waals surface area (Å²) in [6, 6.07) is 17.7. The first kappa shape index (κ1) is 17.9. The van der Waals surface area contributed by atoms with Crippen LogP contribution in [0, 0.1) is 0 Å². The van der Waals surface area contributed by atoms with E-state index in [1.54, 1.807) is 32.2 Å². The maximum absolute atomic E-state index is 12.6. The van der Waals surface area contributed by atoms with Gasteiger partial charge in [0.2, 0.25) is 0 Å². The number of hydrogen-bond acceptors (Lipinski definition) is 4. The Labute approximate surface area is 156 Å². The number of anilines is 1. The second kappa shape index (κ2) is 7.54. The summed E-state index contributed by atoms with van der Waals surface area (Å²) in [6.07, 6.45) is -0.946. The van der Waals surface area contributed by atoms with E-state index < -0.39 is 12.1 Å². The molecule has 6 heteroatoms. The Morgan fingerprint density at radius 3 is 2.46 bits per heavy atom. The van der Waals surface area contributed by atoms with Gasteiger partial charge in [-0.15, -0.1) is 0 Å². The molecule has 3 aromatic rings. The quantitative estimate of drug-likeness (QED) is 0.514. The molecule has 132 valence electrons. The SMILES string of the molecule is C[C@H](OC(=O)c1cc(Cl)nc2ccccc12)C(=O)N(C)c1ccccc1. The van der Waals surface area contributed by atoms with Crippen molar-refractivity contribution in [3.05, 3.63) is 71.4 Å². The second-order valence-corrected chi connectivity index (χ2v) is 6.18. The highest BCUT2D eigenvalue weighted by atomic mass is 35.5. The first-order valence-electron chi connectivity index (χ1n) is 8.06. The number of carbonyl (C=O) groups excluding carboxylic acids is 2. The molecule has 5 nitrogen and oxygen atoms in total. The standard InChI is InChI=1S/C20H17ClN2O3/c1-13(19(24)23(2)14-8-4-3-5-9-14)26-20(25)16-12-18(21)22-17-11-7-6-10-15(16)17/h3-13H,1-2H3/t13-/m0/s1. The van der Waals surface area contributed by atoms with Gasteiger partial charge in [-0.2, -0.15) is 0 Å². The zero-order valence-corrected chi connectivity index (χ0v) is 15.1. The van der Waals surface area contributed by atoms with Crippen molar-refractivity contribution in [2.45, 2.75) is 13.0 Å². The van der Waals surface area contributed by atoms with Gasteiger partial charge in [-0.1, -0.05) is 48.0 Å². The Morgan fingerprint density at radius 2 is 1.73 bits per heavy atom. The summed E-state index contributed by atoms with van der Waals surface area (Å²) < 4.78 is 5.39. The Hall–Kier alpha value is -2.92. The fourth-order valence-corrected chi connectivity index (χ4v) is 2.84. The van der Waals surface area contributed by atoms with Crippen LogP contribution in [0.2, 0.25) is 5.15 Å². The van der Waals surface area contributed by atoms with Gasteiger partial charge in [0.15, 0.2) is 6.10 Å². The zero-order chi connectivity index (χ0) is 18.7. The second-order valence-electron chi connectivity index (χ2n) is 5.79. The van der Waals surface area contributed by atoms with E-state index in [1.165, 1.54) is 11.0 Å². The molecule has 1 heterocycles. The number of pyridine rings is 1. The molecular formula is C20H17ClN2O3. The average molecular weight is 369 g/mol. The first-order valence-corrected chi connectivity index (χ1v) is 8.44. The zero-order valence-electron chi connectivity index (χ0n) is 14.3. The van der Waals surface area contributed by atoms with Crippen LogP contribution >= 0.6 is 11.6 Å². The lowest BCUT2D eigenvalue weighted by Crippen LogP contribution is -2.37. The molecule has 1 atom stereocenters. The van der Waals surface area contributed by atoms with Gasteiger partial charge in [0.1, 0.15) is 5.15 Å². The minimum atomic E-state index is -0.946. The molecule has 0 saturated heterocycles. The highest BCUT2D eigenvalue weighted by molar-refractivity contribution is 6.30. The lowest BCUT2D eigenvalue weighted by atomic mass is 10.1. The number of carbonyl (C=O) groups is 2. The average Bonchev–Trinajstić information content (AvgIpc) is 2.66. The van der Waals surface area contributed by atoms with E-state index in [1.807, 2.05) is 36.4 Å². The molecule has 2 aromatic carbocycles. The molecule has 0 spiro atoms. The Balaban J connectivity index is 1.81. The number of esters is 1. The van der Waals surface area contributed by atoms with Crippen LogP contribution in [0.4, 0.5) is 5.69 Å². The van der Waals surface area contributed by atoms with Crippen LogP contribution in [0.1, 0.15) is 17.3 Å². The number of para-hydroxylation sites is 2. The summed E-state index contributed by atoms with van der Waals surface area (Å²) in [4.78, 5) is 30.8. The smallest absolute Gasteiger partial charge is 0.339 e. The number of rotatable bonds is 4. The van der Waals surface area contributed by atoms with Gasteiger partial charge in [-0.25, -0.2) is 9.78 Å². The number of nitrogens with zero attached hydrogens (tertiary/aromatic N) is 2. The molecule has 0 bridgehead atoms. The largest absolute Gasteiger partial charge is 0.449 e. The number of halogens is 1. The molecule has 0 saturated carbocycles. The summed E-state index contributed by atoms with van der Waals surface area (Å²) in [6.45, 7) is 1.55. The molecule has 1 amide bonds. The van der Waals surface area contributed by atoms with Crippen molar-refractivity contribution in [3.63, 3.8) is 0 Å². The number of amides is 1. The van der Waals surface area contributed by atoms with Gasteiger partial charge in [-0.3, -0.25) is 4.79 Å². The highest BCUT2D eigenvalue weighted by Gasteiger charge is 2.24. The Kier molecular flexibility index (Phi) is 5.19. The van der Waals surface area contributed by atoms with Crippen molar-refractivity contribution in [1.82, 2.24) is 4.98 Å². The van der Waals surface area contributed by atoms with Gasteiger partial charge in [-0.05, 0) is 31.2 Å². The Morgan fingerprint density at radius 1 is 1.08 bits per heavy atom. The number of aromatic nitrogens is 1. The van der Waals surface area contributed by atoms with Crippen LogP contribution in [-0.2, 0) is 9.53 Å². The highest BCUT2D eigenvalue weighted by Crippen LogP contribution is 2.22. The molecule has 0 radical (unpaired) electrons. The van der Waals surface area contributed by atoms with Crippen LogP contribution < -0.4 is 4.90 Å². The van der Waals surface area contributed by atoms with Gasteiger partial charge >= 0.3 is 5.97 Å². The normalized spacial score (nSPS) is 11.8. The Bertz CT molecular complexity index is 960. The third kappa shape index (κ3) is 3.68. The van der Waals surface area contributed by atoms with E-state index in [0.29, 0.717) is 10.9 Å². The van der Waals surface area contributed by atoms with Gasteiger partial charge in [0.05, 0.1) is 11.1 Å². The molecule has 0 unspecified atom stereocenters. The molecule has 26 heavy (non-hydrogen) atoms. The first-order chi connectivity index (χ1) is 12.5. The lowest BCUT2D eigenvalue weighted by Gasteiger charge is -2.21. The molecule has 0 aliphatic carbocycles. The minimum absolute atomic E-state index is 0.191. The maximum Gasteiger partial charge on any atom is 0.339 e. The summed E-state index contributed by atoms with van der Waals surface area (Å²) in [5.74, 6) is -0.943. The van der Waals surface area contributed by atoms with Gasteiger partial charge in [0.25, 0.3) is 5.91 Å². The summed E-state index contributed by atoms with van der Waals surface area (Å²) >= 11 is 6.00. The van der Waals surface area contributed by atoms with E-state index >= 15 is 0 Å². The number of benzene rings is 2. The van der Waals surface area contributed by atoms with Crippen molar-refractivity contribution < 1.29 is 14.3 Å². The topological polar surface area (TPSA) is 59.5 Å². The monoisotopic (exact) mass is 368 g/mol. The van der Waals surface area contributed by atoms with Crippen LogP contribution in [0.3, 0.4) is 0 Å². The fourth-order valence-electron chi connectivity index (χ4n) is 2.64. The van der Waals surface area contributed by atoms with E-state index in [0.717, 1.165) is 5.69 Å². The maximum atomic E-state index is 12.6. The fraction of sp³-hybridized carbons (Fsp3) is 0.150. The molecule has 0 fully saturated rings. The van der Waals surface area contributed by atoms with Crippen molar-refractivity contribution >= 4 is 40.1 Å². The molecule has 0 N–H and O–H groups in total. The van der Waals surface area contributed by atoms with Crippen molar-refractivity contribution in [2.24, 2.45) is 0 Å². The van der Waals surface area contributed by atoms with Crippen LogP contribution in [0.15, 0.2) is 60.7 Å². The van der Waals surface area contributed by atoms with Crippen LogP contribution in [-0.4, -0.2) is 30.0 Å².